The summed E-state index contributed by atoms with van der Waals surface area (Å²) in [4.78, 5) is 4.77. The van der Waals surface area contributed by atoms with E-state index in [2.05, 4.69) is 23.6 Å². The molecule has 0 saturated carbocycles. The molecule has 1 aliphatic heterocycles. The minimum atomic E-state index is -0.124. The Kier molecular flexibility index (Phi) is 6.15. The SMILES string of the molecule is CC(C)CN1CCN(Cc2ccccc2F)C[C@H]1CCO. The number of aliphatic hydroxyl groups is 1. The zero-order valence-corrected chi connectivity index (χ0v) is 13.1. The van der Waals surface area contributed by atoms with Crippen molar-refractivity contribution in [3.63, 3.8) is 0 Å². The van der Waals surface area contributed by atoms with Gasteiger partial charge in [0.1, 0.15) is 5.82 Å². The van der Waals surface area contributed by atoms with E-state index in [1.807, 2.05) is 12.1 Å². The summed E-state index contributed by atoms with van der Waals surface area (Å²) in [5.74, 6) is 0.505. The average molecular weight is 294 g/mol. The number of hydrogen-bond donors (Lipinski definition) is 1. The van der Waals surface area contributed by atoms with Crippen LogP contribution in [-0.4, -0.2) is 53.7 Å². The smallest absolute Gasteiger partial charge is 0.127 e. The van der Waals surface area contributed by atoms with Gasteiger partial charge in [0.25, 0.3) is 0 Å². The number of piperazine rings is 1. The zero-order valence-electron chi connectivity index (χ0n) is 13.1. The molecule has 0 bridgehead atoms. The molecule has 0 radical (unpaired) electrons. The standard InChI is InChI=1S/C17H27FN2O/c1-14(2)11-20-9-8-19(13-16(20)7-10-21)12-15-5-3-4-6-17(15)18/h3-6,14,16,21H,7-13H2,1-2H3/t16-/m1/s1. The summed E-state index contributed by atoms with van der Waals surface area (Å²) in [5.41, 5.74) is 0.762. The van der Waals surface area contributed by atoms with Crippen molar-refractivity contribution < 1.29 is 9.50 Å². The third kappa shape index (κ3) is 4.77. The van der Waals surface area contributed by atoms with Crippen molar-refractivity contribution in [1.82, 2.24) is 9.80 Å². The van der Waals surface area contributed by atoms with Crippen LogP contribution in [0.2, 0.25) is 0 Å². The molecule has 1 heterocycles. The van der Waals surface area contributed by atoms with E-state index in [1.165, 1.54) is 6.07 Å². The van der Waals surface area contributed by atoms with Gasteiger partial charge in [0.05, 0.1) is 0 Å². The number of halogens is 1. The molecule has 1 saturated heterocycles. The highest BCUT2D eigenvalue weighted by molar-refractivity contribution is 5.17. The van der Waals surface area contributed by atoms with Crippen LogP contribution >= 0.6 is 0 Å². The van der Waals surface area contributed by atoms with Gasteiger partial charge in [-0.05, 0) is 18.4 Å². The molecule has 0 aliphatic carbocycles. The van der Waals surface area contributed by atoms with Crippen LogP contribution in [0.4, 0.5) is 4.39 Å². The molecule has 21 heavy (non-hydrogen) atoms. The fourth-order valence-corrected chi connectivity index (χ4v) is 3.10. The van der Waals surface area contributed by atoms with Crippen LogP contribution < -0.4 is 0 Å². The molecule has 3 nitrogen and oxygen atoms in total. The van der Waals surface area contributed by atoms with Gasteiger partial charge in [0.2, 0.25) is 0 Å². The van der Waals surface area contributed by atoms with Gasteiger partial charge in [-0.25, -0.2) is 4.39 Å². The van der Waals surface area contributed by atoms with Crippen LogP contribution in [0.15, 0.2) is 24.3 Å². The molecule has 1 aromatic rings. The summed E-state index contributed by atoms with van der Waals surface area (Å²) >= 11 is 0. The third-order valence-electron chi connectivity index (χ3n) is 4.10. The molecule has 0 unspecified atom stereocenters. The summed E-state index contributed by atoms with van der Waals surface area (Å²) in [5, 5.41) is 9.29. The number of aliphatic hydroxyl groups excluding tert-OH is 1. The van der Waals surface area contributed by atoms with Crippen molar-refractivity contribution in [2.45, 2.75) is 32.9 Å². The van der Waals surface area contributed by atoms with Crippen LogP contribution in [0, 0.1) is 11.7 Å². The highest BCUT2D eigenvalue weighted by Crippen LogP contribution is 2.18. The van der Waals surface area contributed by atoms with Crippen molar-refractivity contribution in [2.24, 2.45) is 5.92 Å². The predicted octanol–water partition coefficient (Wildman–Crippen LogP) is 2.35. The Bertz CT molecular complexity index is 439. The first kappa shape index (κ1) is 16.4. The minimum absolute atomic E-state index is 0.124. The highest BCUT2D eigenvalue weighted by atomic mass is 19.1. The monoisotopic (exact) mass is 294 g/mol. The van der Waals surface area contributed by atoms with Gasteiger partial charge in [-0.1, -0.05) is 32.0 Å². The van der Waals surface area contributed by atoms with Crippen molar-refractivity contribution >= 4 is 0 Å². The fraction of sp³-hybridized carbons (Fsp3) is 0.647. The van der Waals surface area contributed by atoms with Gasteiger partial charge in [-0.15, -0.1) is 0 Å². The van der Waals surface area contributed by atoms with E-state index in [9.17, 15) is 9.50 Å². The average Bonchev–Trinajstić information content (AvgIpc) is 2.44. The third-order valence-corrected chi connectivity index (χ3v) is 4.10. The van der Waals surface area contributed by atoms with Crippen LogP contribution in [0.1, 0.15) is 25.8 Å². The van der Waals surface area contributed by atoms with Crippen LogP contribution in [0.25, 0.3) is 0 Å². The molecule has 4 heteroatoms. The number of benzene rings is 1. The van der Waals surface area contributed by atoms with Crippen LogP contribution in [-0.2, 0) is 6.54 Å². The van der Waals surface area contributed by atoms with Gasteiger partial charge in [-0.3, -0.25) is 9.80 Å². The lowest BCUT2D eigenvalue weighted by Gasteiger charge is -2.42. The summed E-state index contributed by atoms with van der Waals surface area (Å²) in [7, 11) is 0. The molecular weight excluding hydrogens is 267 g/mol. The topological polar surface area (TPSA) is 26.7 Å². The van der Waals surface area contributed by atoms with Gasteiger partial charge >= 0.3 is 0 Å². The lowest BCUT2D eigenvalue weighted by atomic mass is 10.1. The second-order valence-corrected chi connectivity index (χ2v) is 6.38. The first-order chi connectivity index (χ1) is 10.1. The van der Waals surface area contributed by atoms with Crippen molar-refractivity contribution in [2.75, 3.05) is 32.8 Å². The van der Waals surface area contributed by atoms with E-state index < -0.39 is 0 Å². The molecule has 0 amide bonds. The number of hydrogen-bond acceptors (Lipinski definition) is 3. The van der Waals surface area contributed by atoms with E-state index in [0.717, 1.165) is 38.2 Å². The second kappa shape index (κ2) is 7.87. The maximum atomic E-state index is 13.8. The first-order valence-corrected chi connectivity index (χ1v) is 7.90. The lowest BCUT2D eigenvalue weighted by molar-refractivity contribution is 0.0472. The number of nitrogens with zero attached hydrogens (tertiary/aromatic N) is 2. The van der Waals surface area contributed by atoms with Gasteiger partial charge in [0, 0.05) is 50.9 Å². The highest BCUT2D eigenvalue weighted by Gasteiger charge is 2.27. The molecule has 1 atom stereocenters. The Balaban J connectivity index is 1.96. The summed E-state index contributed by atoms with van der Waals surface area (Å²) in [6, 6.07) is 7.37. The molecular formula is C17H27FN2O. The van der Waals surface area contributed by atoms with E-state index in [0.29, 0.717) is 18.5 Å². The Morgan fingerprint density at radius 3 is 2.71 bits per heavy atom. The molecule has 0 spiro atoms. The van der Waals surface area contributed by atoms with Gasteiger partial charge in [-0.2, -0.15) is 0 Å². The summed E-state index contributed by atoms with van der Waals surface area (Å²) in [6.45, 7) is 9.25. The summed E-state index contributed by atoms with van der Waals surface area (Å²) in [6.07, 6.45) is 0.792. The fourth-order valence-electron chi connectivity index (χ4n) is 3.10. The molecule has 1 aliphatic rings. The normalized spacial score (nSPS) is 21.1. The van der Waals surface area contributed by atoms with E-state index in [4.69, 9.17) is 0 Å². The van der Waals surface area contributed by atoms with Crippen LogP contribution in [0.3, 0.4) is 0 Å². The maximum Gasteiger partial charge on any atom is 0.127 e. The van der Waals surface area contributed by atoms with Crippen molar-refractivity contribution in [3.05, 3.63) is 35.6 Å². The second-order valence-electron chi connectivity index (χ2n) is 6.38. The molecule has 1 aromatic carbocycles. The van der Waals surface area contributed by atoms with Crippen molar-refractivity contribution in [1.29, 1.82) is 0 Å². The molecule has 0 aromatic heterocycles. The Morgan fingerprint density at radius 1 is 1.29 bits per heavy atom. The molecule has 1 fully saturated rings. The predicted molar refractivity (Wildman–Crippen MR) is 83.6 cm³/mol. The largest absolute Gasteiger partial charge is 0.396 e. The first-order valence-electron chi connectivity index (χ1n) is 7.90. The quantitative estimate of drug-likeness (QED) is 0.872. The summed E-state index contributed by atoms with van der Waals surface area (Å²) < 4.78 is 13.8. The van der Waals surface area contributed by atoms with Gasteiger partial charge < -0.3 is 5.11 Å². The van der Waals surface area contributed by atoms with E-state index in [1.54, 1.807) is 6.07 Å². The Morgan fingerprint density at radius 2 is 2.05 bits per heavy atom. The maximum absolute atomic E-state index is 13.8. The molecule has 118 valence electrons. The molecule has 2 rings (SSSR count). The zero-order chi connectivity index (χ0) is 15.2. The van der Waals surface area contributed by atoms with Crippen molar-refractivity contribution in [3.8, 4) is 0 Å². The Labute approximate surface area is 127 Å². The Hall–Kier alpha value is -0.970. The van der Waals surface area contributed by atoms with Gasteiger partial charge in [0.15, 0.2) is 0 Å². The molecule has 1 N–H and O–H groups in total. The van der Waals surface area contributed by atoms with E-state index in [-0.39, 0.29) is 12.4 Å². The number of rotatable bonds is 6. The van der Waals surface area contributed by atoms with Crippen LogP contribution in [0.5, 0.6) is 0 Å². The minimum Gasteiger partial charge on any atom is -0.396 e. The lowest BCUT2D eigenvalue weighted by Crippen LogP contribution is -2.53. The van der Waals surface area contributed by atoms with E-state index >= 15 is 0 Å².